The van der Waals surface area contributed by atoms with Crippen LogP contribution in [-0.2, 0) is 0 Å². The van der Waals surface area contributed by atoms with Crippen molar-refractivity contribution in [3.05, 3.63) is 0 Å². The Hall–Kier alpha value is -0.0800. The van der Waals surface area contributed by atoms with E-state index in [-0.39, 0.29) is 6.61 Å². The Bertz CT molecular complexity index is 126. The van der Waals surface area contributed by atoms with Gasteiger partial charge >= 0.3 is 0 Å². The van der Waals surface area contributed by atoms with Crippen molar-refractivity contribution >= 4 is 0 Å². The predicted molar refractivity (Wildman–Crippen MR) is 60.4 cm³/mol. The number of aliphatic hydroxyl groups excluding tert-OH is 1. The quantitative estimate of drug-likeness (QED) is 0.729. The molecule has 0 spiro atoms. The lowest BCUT2D eigenvalue weighted by Gasteiger charge is -2.25. The maximum atomic E-state index is 9.12. The van der Waals surface area contributed by atoms with Crippen LogP contribution in [-0.4, -0.2) is 23.8 Å². The molecule has 1 saturated carbocycles. The van der Waals surface area contributed by atoms with Crippen LogP contribution in [0.2, 0.25) is 0 Å². The van der Waals surface area contributed by atoms with E-state index in [1.807, 2.05) is 0 Å². The molecule has 0 heterocycles. The largest absolute Gasteiger partial charge is 0.395 e. The summed E-state index contributed by atoms with van der Waals surface area (Å²) in [6.45, 7) is 2.42. The van der Waals surface area contributed by atoms with E-state index in [9.17, 15) is 0 Å². The molecule has 84 valence electrons. The average Bonchev–Trinajstić information content (AvgIpc) is 2.16. The Morgan fingerprint density at radius 1 is 1.14 bits per heavy atom. The maximum absolute atomic E-state index is 9.12. The number of nitrogens with one attached hydrogen (secondary N) is 1. The number of aliphatic hydroxyl groups is 1. The molecule has 0 amide bonds. The minimum Gasteiger partial charge on any atom is -0.395 e. The first-order chi connectivity index (χ1) is 6.86. The SMILES string of the molecule is CC[C@H](CO)NC1CCCCCCC1. The van der Waals surface area contributed by atoms with Gasteiger partial charge < -0.3 is 10.4 Å². The number of rotatable bonds is 4. The highest BCUT2D eigenvalue weighted by Gasteiger charge is 2.14. The van der Waals surface area contributed by atoms with Gasteiger partial charge in [0.2, 0.25) is 0 Å². The van der Waals surface area contributed by atoms with E-state index in [0.29, 0.717) is 12.1 Å². The van der Waals surface area contributed by atoms with Gasteiger partial charge in [-0.3, -0.25) is 0 Å². The van der Waals surface area contributed by atoms with Crippen LogP contribution in [0.3, 0.4) is 0 Å². The molecule has 2 heteroatoms. The molecule has 2 nitrogen and oxygen atoms in total. The van der Waals surface area contributed by atoms with Gasteiger partial charge in [0.05, 0.1) is 6.61 Å². The molecule has 0 aromatic rings. The smallest absolute Gasteiger partial charge is 0.0584 e. The molecule has 0 radical (unpaired) electrons. The van der Waals surface area contributed by atoms with E-state index >= 15 is 0 Å². The molecule has 0 unspecified atom stereocenters. The molecular formula is C12H25NO. The van der Waals surface area contributed by atoms with Crippen LogP contribution in [0.25, 0.3) is 0 Å². The van der Waals surface area contributed by atoms with Crippen molar-refractivity contribution in [1.82, 2.24) is 5.32 Å². The maximum Gasteiger partial charge on any atom is 0.0584 e. The van der Waals surface area contributed by atoms with Gasteiger partial charge in [-0.2, -0.15) is 0 Å². The summed E-state index contributed by atoms with van der Waals surface area (Å²) in [6.07, 6.45) is 10.6. The van der Waals surface area contributed by atoms with Crippen LogP contribution < -0.4 is 5.32 Å². The van der Waals surface area contributed by atoms with Crippen LogP contribution in [0.5, 0.6) is 0 Å². The van der Waals surface area contributed by atoms with Gasteiger partial charge in [-0.15, -0.1) is 0 Å². The van der Waals surface area contributed by atoms with Crippen molar-refractivity contribution in [2.75, 3.05) is 6.61 Å². The Morgan fingerprint density at radius 2 is 1.71 bits per heavy atom. The fraction of sp³-hybridized carbons (Fsp3) is 1.00. The molecule has 1 atom stereocenters. The number of hydrogen-bond donors (Lipinski definition) is 2. The first-order valence-electron chi connectivity index (χ1n) is 6.23. The monoisotopic (exact) mass is 199 g/mol. The first kappa shape index (κ1) is 12.0. The first-order valence-corrected chi connectivity index (χ1v) is 6.23. The molecule has 0 aromatic heterocycles. The van der Waals surface area contributed by atoms with Crippen molar-refractivity contribution in [2.24, 2.45) is 0 Å². The average molecular weight is 199 g/mol. The normalized spacial score (nSPS) is 22.7. The second-order valence-electron chi connectivity index (χ2n) is 4.50. The summed E-state index contributed by atoms with van der Waals surface area (Å²) in [6, 6.07) is 0.979. The van der Waals surface area contributed by atoms with Gasteiger partial charge in [-0.1, -0.05) is 39.0 Å². The van der Waals surface area contributed by atoms with E-state index in [4.69, 9.17) is 5.11 Å². The standard InChI is InChI=1S/C12H25NO/c1-2-11(10-14)13-12-8-6-4-3-5-7-9-12/h11-14H,2-10H2,1H3/t11-/m1/s1. The fourth-order valence-electron chi connectivity index (χ4n) is 2.26. The van der Waals surface area contributed by atoms with E-state index in [1.54, 1.807) is 0 Å². The molecule has 1 aliphatic rings. The summed E-state index contributed by atoms with van der Waals surface area (Å²) in [4.78, 5) is 0. The summed E-state index contributed by atoms with van der Waals surface area (Å²) >= 11 is 0. The van der Waals surface area contributed by atoms with Gasteiger partial charge in [0, 0.05) is 12.1 Å². The topological polar surface area (TPSA) is 32.3 Å². The Morgan fingerprint density at radius 3 is 2.21 bits per heavy atom. The van der Waals surface area contributed by atoms with Gasteiger partial charge in [-0.05, 0) is 19.3 Å². The van der Waals surface area contributed by atoms with Crippen LogP contribution in [0.15, 0.2) is 0 Å². The van der Waals surface area contributed by atoms with Crippen LogP contribution in [0.1, 0.15) is 58.3 Å². The highest BCUT2D eigenvalue weighted by atomic mass is 16.3. The molecule has 1 aliphatic carbocycles. The Balaban J connectivity index is 2.25. The summed E-state index contributed by atoms with van der Waals surface area (Å²) < 4.78 is 0. The van der Waals surface area contributed by atoms with Crippen molar-refractivity contribution < 1.29 is 5.11 Å². The molecule has 2 N–H and O–H groups in total. The lowest BCUT2D eigenvalue weighted by molar-refractivity contribution is 0.218. The molecule has 14 heavy (non-hydrogen) atoms. The van der Waals surface area contributed by atoms with E-state index in [2.05, 4.69) is 12.2 Å². The van der Waals surface area contributed by atoms with Gasteiger partial charge in [-0.25, -0.2) is 0 Å². The van der Waals surface area contributed by atoms with Crippen LogP contribution in [0.4, 0.5) is 0 Å². The Kier molecular flexibility index (Phi) is 6.20. The summed E-state index contributed by atoms with van der Waals surface area (Å²) in [5.74, 6) is 0. The fourth-order valence-corrected chi connectivity index (χ4v) is 2.26. The zero-order valence-corrected chi connectivity index (χ0v) is 9.47. The molecular weight excluding hydrogens is 174 g/mol. The second-order valence-corrected chi connectivity index (χ2v) is 4.50. The van der Waals surface area contributed by atoms with Crippen molar-refractivity contribution in [2.45, 2.75) is 70.4 Å². The molecule has 0 aromatic carbocycles. The molecule has 0 bridgehead atoms. The summed E-state index contributed by atoms with van der Waals surface area (Å²) in [7, 11) is 0. The van der Waals surface area contributed by atoms with Gasteiger partial charge in [0.1, 0.15) is 0 Å². The molecule has 1 rings (SSSR count). The molecule has 0 saturated heterocycles. The third-order valence-corrected chi connectivity index (χ3v) is 3.29. The predicted octanol–water partition coefficient (Wildman–Crippen LogP) is 2.46. The van der Waals surface area contributed by atoms with E-state index < -0.39 is 0 Å². The minimum absolute atomic E-state index is 0.285. The highest BCUT2D eigenvalue weighted by Crippen LogP contribution is 2.17. The van der Waals surface area contributed by atoms with Crippen molar-refractivity contribution in [3.8, 4) is 0 Å². The van der Waals surface area contributed by atoms with Crippen molar-refractivity contribution in [1.29, 1.82) is 0 Å². The van der Waals surface area contributed by atoms with E-state index in [0.717, 1.165) is 6.42 Å². The lowest BCUT2D eigenvalue weighted by Crippen LogP contribution is -2.40. The summed E-state index contributed by atoms with van der Waals surface area (Å²) in [5, 5.41) is 12.7. The Labute approximate surface area is 88.1 Å². The molecule has 0 aliphatic heterocycles. The number of hydrogen-bond acceptors (Lipinski definition) is 2. The second kappa shape index (κ2) is 7.24. The third-order valence-electron chi connectivity index (χ3n) is 3.29. The third kappa shape index (κ3) is 4.43. The lowest BCUT2D eigenvalue weighted by atomic mass is 9.96. The zero-order chi connectivity index (χ0) is 10.2. The highest BCUT2D eigenvalue weighted by molar-refractivity contribution is 4.74. The van der Waals surface area contributed by atoms with Gasteiger partial charge in [0.25, 0.3) is 0 Å². The zero-order valence-electron chi connectivity index (χ0n) is 9.47. The van der Waals surface area contributed by atoms with Crippen LogP contribution >= 0.6 is 0 Å². The summed E-state index contributed by atoms with van der Waals surface area (Å²) in [5.41, 5.74) is 0. The minimum atomic E-state index is 0.285. The van der Waals surface area contributed by atoms with Crippen molar-refractivity contribution in [3.63, 3.8) is 0 Å². The molecule has 1 fully saturated rings. The van der Waals surface area contributed by atoms with Crippen LogP contribution in [0, 0.1) is 0 Å². The van der Waals surface area contributed by atoms with E-state index in [1.165, 1.54) is 44.9 Å². The van der Waals surface area contributed by atoms with Gasteiger partial charge in [0.15, 0.2) is 0 Å².